The van der Waals surface area contributed by atoms with Gasteiger partial charge < -0.3 is 5.32 Å². The molecule has 1 N–H and O–H groups in total. The molecule has 5 nitrogen and oxygen atoms in total. The maximum Gasteiger partial charge on any atom is 0.182 e. The predicted octanol–water partition coefficient (Wildman–Crippen LogP) is 0.149. The van der Waals surface area contributed by atoms with Crippen molar-refractivity contribution in [3.8, 4) is 6.07 Å². The van der Waals surface area contributed by atoms with Crippen molar-refractivity contribution < 1.29 is 0 Å². The van der Waals surface area contributed by atoms with E-state index in [1.165, 1.54) is 12.8 Å². The van der Waals surface area contributed by atoms with Gasteiger partial charge in [0.15, 0.2) is 5.69 Å². The maximum atomic E-state index is 8.58. The van der Waals surface area contributed by atoms with Gasteiger partial charge in [0, 0.05) is 6.54 Å². The van der Waals surface area contributed by atoms with Crippen LogP contribution in [0.2, 0.25) is 0 Å². The second-order valence-corrected chi connectivity index (χ2v) is 3.63. The lowest BCUT2D eigenvalue weighted by Gasteiger charge is -2.21. The molecule has 1 aliphatic heterocycles. The molecule has 1 aromatic rings. The minimum atomic E-state index is 0.402. The van der Waals surface area contributed by atoms with Crippen LogP contribution in [-0.4, -0.2) is 28.1 Å². The topological polar surface area (TPSA) is 66.5 Å². The van der Waals surface area contributed by atoms with E-state index in [4.69, 9.17) is 5.26 Å². The molecule has 1 saturated heterocycles. The summed E-state index contributed by atoms with van der Waals surface area (Å²) < 4.78 is 1.77. The molecule has 0 atom stereocenters. The fourth-order valence-corrected chi connectivity index (χ4v) is 1.77. The smallest absolute Gasteiger partial charge is 0.182 e. The van der Waals surface area contributed by atoms with Gasteiger partial charge in [-0.15, -0.1) is 5.10 Å². The molecule has 14 heavy (non-hydrogen) atoms. The second kappa shape index (κ2) is 4.20. The molecule has 2 heterocycles. The Labute approximate surface area is 82.7 Å². The summed E-state index contributed by atoms with van der Waals surface area (Å²) in [6, 6.07) is 1.98. The van der Waals surface area contributed by atoms with Crippen molar-refractivity contribution in [2.24, 2.45) is 5.92 Å². The summed E-state index contributed by atoms with van der Waals surface area (Å²) in [5.74, 6) is 0.671. The van der Waals surface area contributed by atoms with Gasteiger partial charge in [0.05, 0.1) is 6.20 Å². The molecule has 0 radical (unpaired) electrons. The molecule has 74 valence electrons. The highest BCUT2D eigenvalue weighted by Crippen LogP contribution is 2.13. The highest BCUT2D eigenvalue weighted by Gasteiger charge is 2.14. The molecule has 2 rings (SSSR count). The van der Waals surface area contributed by atoms with Crippen molar-refractivity contribution in [3.63, 3.8) is 0 Å². The van der Waals surface area contributed by atoms with E-state index < -0.39 is 0 Å². The van der Waals surface area contributed by atoms with Crippen molar-refractivity contribution in [1.29, 1.82) is 5.26 Å². The summed E-state index contributed by atoms with van der Waals surface area (Å²) in [7, 11) is 0. The Morgan fingerprint density at radius 3 is 3.00 bits per heavy atom. The van der Waals surface area contributed by atoms with Gasteiger partial charge in [0.1, 0.15) is 6.07 Å². The molecule has 0 aromatic carbocycles. The molecule has 0 bridgehead atoms. The Kier molecular flexibility index (Phi) is 2.75. The molecule has 1 aliphatic rings. The third-order valence-electron chi connectivity index (χ3n) is 2.56. The van der Waals surface area contributed by atoms with Crippen molar-refractivity contribution >= 4 is 0 Å². The average Bonchev–Trinajstić information content (AvgIpc) is 2.67. The first-order valence-electron chi connectivity index (χ1n) is 4.89. The van der Waals surface area contributed by atoms with E-state index in [-0.39, 0.29) is 0 Å². The Morgan fingerprint density at radius 1 is 1.57 bits per heavy atom. The summed E-state index contributed by atoms with van der Waals surface area (Å²) in [6.45, 7) is 3.06. The van der Waals surface area contributed by atoms with E-state index >= 15 is 0 Å². The van der Waals surface area contributed by atoms with Crippen LogP contribution in [0.5, 0.6) is 0 Å². The van der Waals surface area contributed by atoms with Gasteiger partial charge in [0.25, 0.3) is 0 Å². The molecule has 0 spiro atoms. The zero-order chi connectivity index (χ0) is 9.80. The van der Waals surface area contributed by atoms with Crippen LogP contribution in [0, 0.1) is 17.2 Å². The number of hydrogen-bond donors (Lipinski definition) is 1. The molecule has 0 aliphatic carbocycles. The van der Waals surface area contributed by atoms with E-state index in [1.807, 2.05) is 6.07 Å². The fourth-order valence-electron chi connectivity index (χ4n) is 1.77. The van der Waals surface area contributed by atoms with Crippen LogP contribution in [-0.2, 0) is 6.54 Å². The standard InChI is InChI=1S/C9H13N5/c10-5-9-7-14(13-12-9)6-8-1-3-11-4-2-8/h7-8,11H,1-4,6H2. The number of rotatable bonds is 2. The van der Waals surface area contributed by atoms with E-state index in [0.29, 0.717) is 11.6 Å². The van der Waals surface area contributed by atoms with Gasteiger partial charge in [-0.25, -0.2) is 0 Å². The Hall–Kier alpha value is -1.41. The Bertz CT molecular complexity index is 331. The van der Waals surface area contributed by atoms with Gasteiger partial charge >= 0.3 is 0 Å². The minimum Gasteiger partial charge on any atom is -0.317 e. The first-order valence-corrected chi connectivity index (χ1v) is 4.89. The van der Waals surface area contributed by atoms with Crippen LogP contribution in [0.3, 0.4) is 0 Å². The normalized spacial score (nSPS) is 17.9. The first-order chi connectivity index (χ1) is 6.88. The number of aromatic nitrogens is 3. The van der Waals surface area contributed by atoms with Crippen LogP contribution in [0.1, 0.15) is 18.5 Å². The SMILES string of the molecule is N#Cc1cn(CC2CCNCC2)nn1. The van der Waals surface area contributed by atoms with Crippen LogP contribution in [0.25, 0.3) is 0 Å². The Morgan fingerprint density at radius 2 is 2.36 bits per heavy atom. The van der Waals surface area contributed by atoms with E-state index in [9.17, 15) is 0 Å². The summed E-state index contributed by atoms with van der Waals surface area (Å²) in [6.07, 6.45) is 4.07. The summed E-state index contributed by atoms with van der Waals surface area (Å²) in [5.41, 5.74) is 0.402. The van der Waals surface area contributed by atoms with Crippen LogP contribution in [0.15, 0.2) is 6.20 Å². The predicted molar refractivity (Wildman–Crippen MR) is 50.3 cm³/mol. The molecule has 1 aromatic heterocycles. The highest BCUT2D eigenvalue weighted by atomic mass is 15.4. The monoisotopic (exact) mass is 191 g/mol. The van der Waals surface area contributed by atoms with Crippen molar-refractivity contribution in [2.45, 2.75) is 19.4 Å². The third kappa shape index (κ3) is 2.09. The number of nitrogens with one attached hydrogen (secondary N) is 1. The van der Waals surface area contributed by atoms with Crippen molar-refractivity contribution in [2.75, 3.05) is 13.1 Å². The molecule has 0 amide bonds. The molecule has 5 heteroatoms. The summed E-state index contributed by atoms with van der Waals surface area (Å²) in [5, 5.41) is 19.5. The second-order valence-electron chi connectivity index (χ2n) is 3.63. The van der Waals surface area contributed by atoms with Gasteiger partial charge in [-0.3, -0.25) is 4.68 Å². The van der Waals surface area contributed by atoms with Crippen LogP contribution < -0.4 is 5.32 Å². The average molecular weight is 191 g/mol. The lowest BCUT2D eigenvalue weighted by molar-refractivity contribution is 0.318. The summed E-state index contributed by atoms with van der Waals surface area (Å²) in [4.78, 5) is 0. The maximum absolute atomic E-state index is 8.58. The number of nitrogens with zero attached hydrogens (tertiary/aromatic N) is 4. The fraction of sp³-hybridized carbons (Fsp3) is 0.667. The molecular formula is C9H13N5. The van der Waals surface area contributed by atoms with Crippen LogP contribution >= 0.6 is 0 Å². The lowest BCUT2D eigenvalue weighted by Crippen LogP contribution is -2.30. The summed E-state index contributed by atoms with van der Waals surface area (Å²) >= 11 is 0. The number of piperidine rings is 1. The number of hydrogen-bond acceptors (Lipinski definition) is 4. The third-order valence-corrected chi connectivity index (χ3v) is 2.56. The van der Waals surface area contributed by atoms with E-state index in [0.717, 1.165) is 19.6 Å². The van der Waals surface area contributed by atoms with Crippen LogP contribution in [0.4, 0.5) is 0 Å². The zero-order valence-electron chi connectivity index (χ0n) is 7.98. The van der Waals surface area contributed by atoms with Gasteiger partial charge in [0.2, 0.25) is 0 Å². The quantitative estimate of drug-likeness (QED) is 0.722. The Balaban J connectivity index is 1.93. The molecule has 0 unspecified atom stereocenters. The van der Waals surface area contributed by atoms with Gasteiger partial charge in [-0.1, -0.05) is 5.21 Å². The molecule has 1 fully saturated rings. The van der Waals surface area contributed by atoms with E-state index in [2.05, 4.69) is 15.6 Å². The molecular weight excluding hydrogens is 178 g/mol. The van der Waals surface area contributed by atoms with Gasteiger partial charge in [-0.05, 0) is 31.8 Å². The largest absolute Gasteiger partial charge is 0.317 e. The van der Waals surface area contributed by atoms with Crippen molar-refractivity contribution in [3.05, 3.63) is 11.9 Å². The molecule has 0 saturated carbocycles. The van der Waals surface area contributed by atoms with Gasteiger partial charge in [-0.2, -0.15) is 5.26 Å². The first kappa shape index (κ1) is 9.16. The van der Waals surface area contributed by atoms with E-state index in [1.54, 1.807) is 10.9 Å². The number of nitriles is 1. The lowest BCUT2D eigenvalue weighted by atomic mass is 9.98. The van der Waals surface area contributed by atoms with Crippen molar-refractivity contribution in [1.82, 2.24) is 20.3 Å². The minimum absolute atomic E-state index is 0.402. The highest BCUT2D eigenvalue weighted by molar-refractivity contribution is 5.13. The zero-order valence-corrected chi connectivity index (χ0v) is 7.98.